The minimum Gasteiger partial charge on any atom is -0.466 e. The Morgan fingerprint density at radius 3 is 2.92 bits per heavy atom. The van der Waals surface area contributed by atoms with Crippen molar-refractivity contribution >= 4 is 5.97 Å². The lowest BCUT2D eigenvalue weighted by Gasteiger charge is -2.20. The fraction of sp³-hybridized carbons (Fsp3) is 0.500. The lowest BCUT2D eigenvalue weighted by molar-refractivity contribution is -0.145. The molecule has 0 fully saturated rings. The SMILES string of the molecule is CCOC(=O)CC1(F)C=CC=CC1. The van der Waals surface area contributed by atoms with E-state index in [0.717, 1.165) is 0 Å². The highest BCUT2D eigenvalue weighted by atomic mass is 19.1. The molecule has 2 nitrogen and oxygen atoms in total. The number of rotatable bonds is 3. The van der Waals surface area contributed by atoms with E-state index >= 15 is 0 Å². The molecular weight excluding hydrogens is 171 g/mol. The van der Waals surface area contributed by atoms with Crippen LogP contribution in [0.15, 0.2) is 24.3 Å². The van der Waals surface area contributed by atoms with Crippen LogP contribution < -0.4 is 0 Å². The van der Waals surface area contributed by atoms with Gasteiger partial charge in [0.25, 0.3) is 0 Å². The highest BCUT2D eigenvalue weighted by molar-refractivity contribution is 5.71. The van der Waals surface area contributed by atoms with Gasteiger partial charge in [0.2, 0.25) is 0 Å². The predicted molar refractivity (Wildman–Crippen MR) is 48.0 cm³/mol. The Labute approximate surface area is 77.1 Å². The molecule has 13 heavy (non-hydrogen) atoms. The normalized spacial score (nSPS) is 26.0. The first kappa shape index (κ1) is 9.96. The minimum atomic E-state index is -1.54. The van der Waals surface area contributed by atoms with Crippen LogP contribution in [-0.2, 0) is 9.53 Å². The van der Waals surface area contributed by atoms with Gasteiger partial charge in [0.1, 0.15) is 5.67 Å². The first-order valence-electron chi connectivity index (χ1n) is 4.35. The van der Waals surface area contributed by atoms with E-state index < -0.39 is 11.6 Å². The van der Waals surface area contributed by atoms with Gasteiger partial charge in [-0.05, 0) is 13.0 Å². The van der Waals surface area contributed by atoms with Crippen molar-refractivity contribution in [3.05, 3.63) is 24.3 Å². The molecule has 0 aromatic heterocycles. The Morgan fingerprint density at radius 2 is 2.38 bits per heavy atom. The molecule has 0 N–H and O–H groups in total. The molecule has 72 valence electrons. The molecular formula is C10H13FO2. The Hall–Kier alpha value is -1.12. The van der Waals surface area contributed by atoms with Crippen molar-refractivity contribution in [3.8, 4) is 0 Å². The summed E-state index contributed by atoms with van der Waals surface area (Å²) in [5, 5.41) is 0. The van der Waals surface area contributed by atoms with E-state index in [4.69, 9.17) is 0 Å². The van der Waals surface area contributed by atoms with Crippen molar-refractivity contribution in [2.24, 2.45) is 0 Å². The predicted octanol–water partition coefficient (Wildman–Crippen LogP) is 2.16. The van der Waals surface area contributed by atoms with Crippen LogP contribution >= 0.6 is 0 Å². The molecule has 1 rings (SSSR count). The standard InChI is InChI=1S/C10H13FO2/c1-2-13-9(12)8-10(11)6-4-3-5-7-10/h3-6H,2,7-8H2,1H3. The average molecular weight is 184 g/mol. The summed E-state index contributed by atoms with van der Waals surface area (Å²) in [6, 6.07) is 0. The van der Waals surface area contributed by atoms with E-state index in [2.05, 4.69) is 4.74 Å². The summed E-state index contributed by atoms with van der Waals surface area (Å²) < 4.78 is 18.4. The van der Waals surface area contributed by atoms with Crippen LogP contribution in [0.4, 0.5) is 4.39 Å². The topological polar surface area (TPSA) is 26.3 Å². The molecule has 1 atom stereocenters. The summed E-state index contributed by atoms with van der Waals surface area (Å²) in [6.45, 7) is 2.01. The molecule has 1 unspecified atom stereocenters. The van der Waals surface area contributed by atoms with Crippen molar-refractivity contribution in [2.45, 2.75) is 25.4 Å². The molecule has 1 aliphatic rings. The Balaban J connectivity index is 2.47. The lowest BCUT2D eigenvalue weighted by Crippen LogP contribution is -2.25. The number of hydrogen-bond donors (Lipinski definition) is 0. The Morgan fingerprint density at radius 1 is 1.62 bits per heavy atom. The van der Waals surface area contributed by atoms with Crippen molar-refractivity contribution < 1.29 is 13.9 Å². The quantitative estimate of drug-likeness (QED) is 0.628. The zero-order chi connectivity index (χ0) is 9.73. The fourth-order valence-corrected chi connectivity index (χ4v) is 1.22. The van der Waals surface area contributed by atoms with E-state index in [9.17, 15) is 9.18 Å². The molecule has 0 aromatic carbocycles. The van der Waals surface area contributed by atoms with Crippen LogP contribution in [0.2, 0.25) is 0 Å². The van der Waals surface area contributed by atoms with Crippen LogP contribution in [0, 0.1) is 0 Å². The first-order valence-corrected chi connectivity index (χ1v) is 4.35. The second-order valence-corrected chi connectivity index (χ2v) is 3.01. The maximum absolute atomic E-state index is 13.7. The maximum atomic E-state index is 13.7. The van der Waals surface area contributed by atoms with E-state index in [1.807, 2.05) is 0 Å². The molecule has 0 amide bonds. The second kappa shape index (κ2) is 4.21. The van der Waals surface area contributed by atoms with Crippen molar-refractivity contribution in [1.82, 2.24) is 0 Å². The first-order chi connectivity index (χ1) is 6.16. The number of esters is 1. The molecule has 0 aromatic rings. The average Bonchev–Trinajstić information content (AvgIpc) is 2.04. The van der Waals surface area contributed by atoms with Crippen LogP contribution in [-0.4, -0.2) is 18.2 Å². The van der Waals surface area contributed by atoms with Crippen LogP contribution in [0.25, 0.3) is 0 Å². The monoisotopic (exact) mass is 184 g/mol. The molecule has 0 aliphatic heterocycles. The smallest absolute Gasteiger partial charge is 0.309 e. The number of hydrogen-bond acceptors (Lipinski definition) is 2. The Kier molecular flexibility index (Phi) is 3.23. The van der Waals surface area contributed by atoms with E-state index in [0.29, 0.717) is 6.61 Å². The minimum absolute atomic E-state index is 0.193. The molecule has 0 saturated carbocycles. The van der Waals surface area contributed by atoms with E-state index in [-0.39, 0.29) is 12.8 Å². The third-order valence-electron chi connectivity index (χ3n) is 1.84. The maximum Gasteiger partial charge on any atom is 0.309 e. The van der Waals surface area contributed by atoms with Crippen molar-refractivity contribution in [3.63, 3.8) is 0 Å². The number of alkyl halides is 1. The van der Waals surface area contributed by atoms with Crippen LogP contribution in [0.1, 0.15) is 19.8 Å². The summed E-state index contributed by atoms with van der Waals surface area (Å²) in [5.74, 6) is -0.482. The van der Waals surface area contributed by atoms with E-state index in [1.165, 1.54) is 6.08 Å². The highest BCUT2D eigenvalue weighted by Gasteiger charge is 2.30. The van der Waals surface area contributed by atoms with Gasteiger partial charge in [0.15, 0.2) is 0 Å². The number of carbonyl (C=O) groups is 1. The summed E-state index contributed by atoms with van der Waals surface area (Å²) in [5.41, 5.74) is -1.54. The van der Waals surface area contributed by atoms with Gasteiger partial charge in [-0.15, -0.1) is 0 Å². The third kappa shape index (κ3) is 3.01. The van der Waals surface area contributed by atoms with E-state index in [1.54, 1.807) is 25.2 Å². The molecule has 3 heteroatoms. The number of allylic oxidation sites excluding steroid dienone is 4. The molecule has 0 saturated heterocycles. The third-order valence-corrected chi connectivity index (χ3v) is 1.84. The number of halogens is 1. The van der Waals surface area contributed by atoms with Crippen molar-refractivity contribution in [2.75, 3.05) is 6.61 Å². The number of carbonyl (C=O) groups excluding carboxylic acids is 1. The van der Waals surface area contributed by atoms with Gasteiger partial charge < -0.3 is 4.74 Å². The van der Waals surface area contributed by atoms with Gasteiger partial charge >= 0.3 is 5.97 Å². The van der Waals surface area contributed by atoms with Crippen LogP contribution in [0.3, 0.4) is 0 Å². The molecule has 0 bridgehead atoms. The summed E-state index contributed by atoms with van der Waals surface area (Å²) >= 11 is 0. The fourth-order valence-electron chi connectivity index (χ4n) is 1.22. The molecule has 0 heterocycles. The van der Waals surface area contributed by atoms with Gasteiger partial charge in [0.05, 0.1) is 13.0 Å². The van der Waals surface area contributed by atoms with Gasteiger partial charge in [0, 0.05) is 6.42 Å². The summed E-state index contributed by atoms with van der Waals surface area (Å²) in [6.07, 6.45) is 6.55. The number of ether oxygens (including phenoxy) is 1. The molecule has 1 aliphatic carbocycles. The van der Waals surface area contributed by atoms with Gasteiger partial charge in [-0.2, -0.15) is 0 Å². The Bertz CT molecular complexity index is 245. The van der Waals surface area contributed by atoms with Gasteiger partial charge in [-0.25, -0.2) is 4.39 Å². The van der Waals surface area contributed by atoms with Gasteiger partial charge in [-0.1, -0.05) is 18.2 Å². The van der Waals surface area contributed by atoms with Crippen molar-refractivity contribution in [1.29, 1.82) is 0 Å². The summed E-state index contributed by atoms with van der Waals surface area (Å²) in [4.78, 5) is 11.0. The van der Waals surface area contributed by atoms with Crippen LogP contribution in [0.5, 0.6) is 0 Å². The molecule has 0 spiro atoms. The zero-order valence-electron chi connectivity index (χ0n) is 7.63. The molecule has 0 radical (unpaired) electrons. The summed E-state index contributed by atoms with van der Waals surface area (Å²) in [7, 11) is 0. The second-order valence-electron chi connectivity index (χ2n) is 3.01. The zero-order valence-corrected chi connectivity index (χ0v) is 7.63. The lowest BCUT2D eigenvalue weighted by atomic mass is 9.94. The highest BCUT2D eigenvalue weighted by Crippen LogP contribution is 2.26. The van der Waals surface area contributed by atoms with Gasteiger partial charge in [-0.3, -0.25) is 4.79 Å². The largest absolute Gasteiger partial charge is 0.466 e.